The number of methoxy groups -OCH3 is 1. The van der Waals surface area contributed by atoms with E-state index in [1.807, 2.05) is 0 Å². The van der Waals surface area contributed by atoms with E-state index in [2.05, 4.69) is 29.6 Å². The van der Waals surface area contributed by atoms with Crippen LogP contribution < -0.4 is 14.8 Å². The third-order valence-electron chi connectivity index (χ3n) is 5.19. The molecule has 2 heterocycles. The zero-order valence-electron chi connectivity index (χ0n) is 16.5. The van der Waals surface area contributed by atoms with Gasteiger partial charge in [-0.05, 0) is 48.7 Å². The zero-order chi connectivity index (χ0) is 21.1. The van der Waals surface area contributed by atoms with Crippen molar-refractivity contribution in [1.29, 1.82) is 0 Å². The minimum absolute atomic E-state index is 0.128. The van der Waals surface area contributed by atoms with Gasteiger partial charge in [-0.25, -0.2) is 18.1 Å². The normalized spacial score (nSPS) is 15.0. The summed E-state index contributed by atoms with van der Waals surface area (Å²) in [7, 11) is -2.09. The van der Waals surface area contributed by atoms with E-state index in [1.54, 1.807) is 18.5 Å². The highest BCUT2D eigenvalue weighted by Gasteiger charge is 2.21. The predicted octanol–water partition coefficient (Wildman–Crippen LogP) is 2.99. The molecule has 0 saturated heterocycles. The van der Waals surface area contributed by atoms with Crippen molar-refractivity contribution in [3.63, 3.8) is 0 Å². The Kier molecular flexibility index (Phi) is 6.07. The van der Waals surface area contributed by atoms with Crippen LogP contribution in [-0.4, -0.2) is 48.1 Å². The minimum Gasteiger partial charge on any atom is -0.497 e. The van der Waals surface area contributed by atoms with Crippen LogP contribution in [0.15, 0.2) is 35.5 Å². The topological polar surface area (TPSA) is 111 Å². The van der Waals surface area contributed by atoms with Crippen molar-refractivity contribution in [3.8, 4) is 5.75 Å². The van der Waals surface area contributed by atoms with E-state index in [0.29, 0.717) is 35.3 Å². The summed E-state index contributed by atoms with van der Waals surface area (Å²) in [6, 6.07) is 6.58. The lowest BCUT2D eigenvalue weighted by Crippen LogP contribution is -2.29. The molecule has 2 N–H and O–H groups in total. The number of benzene rings is 1. The largest absolute Gasteiger partial charge is 0.497 e. The van der Waals surface area contributed by atoms with Gasteiger partial charge in [-0.1, -0.05) is 12.8 Å². The Labute approximate surface area is 179 Å². The molecule has 160 valence electrons. The quantitative estimate of drug-likeness (QED) is 0.400. The molecule has 11 heteroatoms. The van der Waals surface area contributed by atoms with Crippen LogP contribution in [0.25, 0.3) is 11.2 Å². The number of nitrogens with zero attached hydrogens (tertiary/aromatic N) is 4. The van der Waals surface area contributed by atoms with Crippen molar-refractivity contribution >= 4 is 38.6 Å². The number of rotatable bonds is 8. The van der Waals surface area contributed by atoms with E-state index in [0.717, 1.165) is 12.8 Å². The third kappa shape index (κ3) is 4.35. The number of halogens is 1. The lowest BCUT2D eigenvalue weighted by Gasteiger charge is -2.12. The van der Waals surface area contributed by atoms with Gasteiger partial charge in [0.25, 0.3) is 0 Å². The van der Waals surface area contributed by atoms with Crippen LogP contribution >= 0.6 is 11.6 Å². The standard InChI is InChI=1S/C19H23ClN6O3S/c1-29-14-6-8-15(9-7-14)30(27,28)23-11-10-21-17-16-18(25-19(20)24-17)26(12-22-16)13-4-2-3-5-13/h6-9,12-13,23H,2-5,10-11H2,1H3,(H,21,24,25). The first-order valence-corrected chi connectivity index (χ1v) is 11.6. The lowest BCUT2D eigenvalue weighted by atomic mass is 10.2. The minimum atomic E-state index is -3.62. The number of imidazole rings is 1. The maximum absolute atomic E-state index is 12.4. The molecule has 0 spiro atoms. The summed E-state index contributed by atoms with van der Waals surface area (Å²) in [6.45, 7) is 0.481. The maximum Gasteiger partial charge on any atom is 0.240 e. The fourth-order valence-corrected chi connectivity index (χ4v) is 4.86. The first-order chi connectivity index (χ1) is 14.5. The molecule has 0 radical (unpaired) electrons. The Morgan fingerprint density at radius 1 is 1.17 bits per heavy atom. The van der Waals surface area contributed by atoms with E-state index >= 15 is 0 Å². The zero-order valence-corrected chi connectivity index (χ0v) is 18.1. The Morgan fingerprint density at radius 2 is 1.90 bits per heavy atom. The van der Waals surface area contributed by atoms with Crippen molar-refractivity contribution < 1.29 is 13.2 Å². The summed E-state index contributed by atoms with van der Waals surface area (Å²) < 4.78 is 34.5. The molecule has 0 bridgehead atoms. The second-order valence-electron chi connectivity index (χ2n) is 7.10. The molecule has 1 saturated carbocycles. The van der Waals surface area contributed by atoms with Crippen molar-refractivity contribution in [3.05, 3.63) is 35.9 Å². The molecule has 2 aromatic heterocycles. The van der Waals surface area contributed by atoms with E-state index < -0.39 is 10.0 Å². The summed E-state index contributed by atoms with van der Waals surface area (Å²) in [5.74, 6) is 1.09. The highest BCUT2D eigenvalue weighted by Crippen LogP contribution is 2.32. The molecular weight excluding hydrogens is 428 g/mol. The molecule has 0 unspecified atom stereocenters. The first kappa shape index (κ1) is 20.8. The second-order valence-corrected chi connectivity index (χ2v) is 9.21. The van der Waals surface area contributed by atoms with Crippen molar-refractivity contribution in [2.45, 2.75) is 36.6 Å². The predicted molar refractivity (Wildman–Crippen MR) is 115 cm³/mol. The van der Waals surface area contributed by atoms with Gasteiger partial charge in [0, 0.05) is 19.1 Å². The molecule has 3 aromatic rings. The molecule has 4 rings (SSSR count). The average Bonchev–Trinajstić information content (AvgIpc) is 3.40. The number of hydrogen-bond acceptors (Lipinski definition) is 7. The molecule has 9 nitrogen and oxygen atoms in total. The highest BCUT2D eigenvalue weighted by molar-refractivity contribution is 7.89. The summed E-state index contributed by atoms with van der Waals surface area (Å²) in [5, 5.41) is 3.24. The number of nitrogens with one attached hydrogen (secondary N) is 2. The smallest absolute Gasteiger partial charge is 0.240 e. The number of anilines is 1. The van der Waals surface area contributed by atoms with Crippen LogP contribution in [0.5, 0.6) is 5.75 Å². The molecule has 0 atom stereocenters. The highest BCUT2D eigenvalue weighted by atomic mass is 35.5. The number of fused-ring (bicyclic) bond motifs is 1. The molecule has 1 aliphatic carbocycles. The Balaban J connectivity index is 1.42. The van der Waals surface area contributed by atoms with Gasteiger partial charge in [-0.15, -0.1) is 0 Å². The van der Waals surface area contributed by atoms with Crippen LogP contribution in [0.3, 0.4) is 0 Å². The Bertz CT molecular complexity index is 1130. The molecule has 1 fully saturated rings. The van der Waals surface area contributed by atoms with Gasteiger partial charge < -0.3 is 14.6 Å². The fourth-order valence-electron chi connectivity index (χ4n) is 3.67. The van der Waals surface area contributed by atoms with Gasteiger partial charge in [0.2, 0.25) is 15.3 Å². The van der Waals surface area contributed by atoms with Crippen molar-refractivity contribution in [2.24, 2.45) is 0 Å². The van der Waals surface area contributed by atoms with Gasteiger partial charge >= 0.3 is 0 Å². The van der Waals surface area contributed by atoms with Crippen LogP contribution in [0.1, 0.15) is 31.7 Å². The number of sulfonamides is 1. The Morgan fingerprint density at radius 3 is 2.60 bits per heavy atom. The summed E-state index contributed by atoms with van der Waals surface area (Å²) in [4.78, 5) is 13.2. The molecular formula is C19H23ClN6O3S. The van der Waals surface area contributed by atoms with E-state index in [9.17, 15) is 8.42 Å². The molecule has 1 aliphatic rings. The first-order valence-electron chi connectivity index (χ1n) is 9.75. The summed E-state index contributed by atoms with van der Waals surface area (Å²) in [6.07, 6.45) is 6.38. The second kappa shape index (κ2) is 8.75. The average molecular weight is 451 g/mol. The SMILES string of the molecule is COc1ccc(S(=O)(=O)NCCNc2nc(Cl)nc3c2ncn3C2CCCC2)cc1. The molecule has 30 heavy (non-hydrogen) atoms. The van der Waals surface area contributed by atoms with Crippen molar-refractivity contribution in [1.82, 2.24) is 24.2 Å². The maximum atomic E-state index is 12.4. The van der Waals surface area contributed by atoms with Crippen LogP contribution in [-0.2, 0) is 10.0 Å². The Hall–Kier alpha value is -2.43. The monoisotopic (exact) mass is 450 g/mol. The summed E-state index contributed by atoms with van der Waals surface area (Å²) in [5.41, 5.74) is 1.33. The molecule has 0 amide bonds. The fraction of sp³-hybridized carbons (Fsp3) is 0.421. The van der Waals surface area contributed by atoms with Gasteiger partial charge in [0.15, 0.2) is 17.0 Å². The molecule has 1 aromatic carbocycles. The van der Waals surface area contributed by atoms with E-state index in [1.165, 1.54) is 32.1 Å². The number of aromatic nitrogens is 4. The van der Waals surface area contributed by atoms with Crippen LogP contribution in [0, 0.1) is 0 Å². The van der Waals surface area contributed by atoms with Crippen molar-refractivity contribution in [2.75, 3.05) is 25.5 Å². The molecule has 0 aliphatic heterocycles. The van der Waals surface area contributed by atoms with E-state index in [-0.39, 0.29) is 16.7 Å². The van der Waals surface area contributed by atoms with Crippen LogP contribution in [0.4, 0.5) is 5.82 Å². The lowest BCUT2D eigenvalue weighted by molar-refractivity contribution is 0.414. The van der Waals surface area contributed by atoms with Gasteiger partial charge in [-0.2, -0.15) is 9.97 Å². The van der Waals surface area contributed by atoms with Gasteiger partial charge in [0.05, 0.1) is 18.3 Å². The number of hydrogen-bond donors (Lipinski definition) is 2. The van der Waals surface area contributed by atoms with Crippen LogP contribution in [0.2, 0.25) is 5.28 Å². The van der Waals surface area contributed by atoms with Gasteiger partial charge in [-0.3, -0.25) is 0 Å². The van der Waals surface area contributed by atoms with Gasteiger partial charge in [0.1, 0.15) is 5.75 Å². The van der Waals surface area contributed by atoms with E-state index in [4.69, 9.17) is 16.3 Å². The summed E-state index contributed by atoms with van der Waals surface area (Å²) >= 11 is 6.12. The third-order valence-corrected chi connectivity index (χ3v) is 6.84. The number of ether oxygens (including phenoxy) is 1.